The molecule has 18 nitrogen and oxygen atoms in total. The fourth-order valence-corrected chi connectivity index (χ4v) is 10.5. The van der Waals surface area contributed by atoms with Gasteiger partial charge in [0.1, 0.15) is 18.1 Å². The number of amides is 3. The number of imidazole rings is 1. The molecule has 6 heterocycles. The zero-order valence-corrected chi connectivity index (χ0v) is 39.3. The van der Waals surface area contributed by atoms with Crippen molar-refractivity contribution in [3.05, 3.63) is 76.4 Å². The number of piperidine rings is 1. The van der Waals surface area contributed by atoms with Gasteiger partial charge in [0.05, 0.1) is 35.5 Å². The molecule has 20 heteroatoms. The molecule has 5 fully saturated rings. The topological polar surface area (TPSA) is 190 Å². The second-order valence-corrected chi connectivity index (χ2v) is 19.8. The summed E-state index contributed by atoms with van der Waals surface area (Å²) >= 11 is 0. The number of hydrogen-bond donors (Lipinski definition) is 3. The zero-order chi connectivity index (χ0) is 47.8. The van der Waals surface area contributed by atoms with Crippen LogP contribution in [0.2, 0.25) is 0 Å². The van der Waals surface area contributed by atoms with Crippen molar-refractivity contribution >= 4 is 40.3 Å². The Morgan fingerprint density at radius 1 is 0.971 bits per heavy atom. The number of imide groups is 1. The van der Waals surface area contributed by atoms with Gasteiger partial charge in [-0.15, -0.1) is 0 Å². The lowest BCUT2D eigenvalue weighted by Gasteiger charge is -2.43. The first kappa shape index (κ1) is 46.9. The molecule has 4 aromatic heterocycles. The smallest absolute Gasteiger partial charge is 0.329 e. The Hall–Kier alpha value is -5.83. The Balaban J connectivity index is 0.621. The first-order chi connectivity index (χ1) is 33.4. The van der Waals surface area contributed by atoms with Crippen molar-refractivity contribution in [3.8, 4) is 11.5 Å². The van der Waals surface area contributed by atoms with Gasteiger partial charge < -0.3 is 24.7 Å². The number of aryl methyl sites for hydroxylation is 1. The lowest BCUT2D eigenvalue weighted by Crippen LogP contribution is -2.49. The number of piperazine rings is 1. The minimum Gasteiger partial charge on any atom is -0.444 e. The Labute approximate surface area is 398 Å². The molecule has 3 saturated carbocycles. The van der Waals surface area contributed by atoms with Gasteiger partial charge in [0.2, 0.25) is 17.7 Å². The molecule has 1 unspecified atom stereocenters. The van der Waals surface area contributed by atoms with E-state index in [-0.39, 0.29) is 47.4 Å². The van der Waals surface area contributed by atoms with Crippen LogP contribution in [0.25, 0.3) is 22.5 Å². The van der Waals surface area contributed by atoms with Crippen LogP contribution in [0.4, 0.5) is 20.3 Å². The number of nitrogens with one attached hydrogen (secondary N) is 3. The lowest BCUT2D eigenvalue weighted by atomic mass is 9.83. The quantitative estimate of drug-likeness (QED) is 0.0922. The SMILES string of the molecule is CN(CC1CCC(n2cc(NC(=O)c3coc(-c4ccnc(NCC5CC5)c4)n3)c(C(F)F)n2)CC1)C1CC(OCCN2CCN(Cc3ccc4c(c3)n(C)c(=O)n4C3CCC(=O)NC3=O)CC2)C1. The molecule has 10 rings (SSSR count). The van der Waals surface area contributed by atoms with Crippen molar-refractivity contribution in [2.75, 3.05) is 70.1 Å². The largest absolute Gasteiger partial charge is 0.444 e. The number of pyridine rings is 1. The standard InChI is InChI=1S/C49H62F2N12O6/c1-58(35-23-36(24-35)68-20-19-60-15-17-61(18-16-60)27-32-7-10-39-41(21-32)59(2)49(67)63(39)40-11-12-43(64)56-47(40)66)26-31-5-8-34(9-6-31)62-28-37(44(57-62)45(50)51)54-46(65)38-29-69-48(55-38)33-13-14-52-42(22-33)53-25-30-3-4-30/h7,10,13-14,21-22,28-31,34-36,40,45H,3-6,8-9,11-12,15-20,23-27H2,1-2H3,(H,52,53)(H,54,65)(H,56,64,66). The van der Waals surface area contributed by atoms with Crippen molar-refractivity contribution in [3.63, 3.8) is 0 Å². The molecule has 1 atom stereocenters. The number of oxazole rings is 1. The number of rotatable bonds is 18. The number of fused-ring (bicyclic) bond motifs is 1. The van der Waals surface area contributed by atoms with Crippen LogP contribution in [0, 0.1) is 11.8 Å². The molecular formula is C49H62F2N12O6. The monoisotopic (exact) mass is 952 g/mol. The maximum Gasteiger partial charge on any atom is 0.329 e. The van der Waals surface area contributed by atoms with Gasteiger partial charge >= 0.3 is 5.69 Å². The summed E-state index contributed by atoms with van der Waals surface area (Å²) in [4.78, 5) is 66.7. The molecule has 1 aromatic carbocycles. The second-order valence-electron chi connectivity index (χ2n) is 19.8. The Morgan fingerprint density at radius 2 is 1.74 bits per heavy atom. The highest BCUT2D eigenvalue weighted by Gasteiger charge is 2.36. The molecule has 368 valence electrons. The van der Waals surface area contributed by atoms with E-state index in [0.29, 0.717) is 47.8 Å². The van der Waals surface area contributed by atoms with Crippen LogP contribution in [-0.4, -0.2) is 133 Å². The van der Waals surface area contributed by atoms with Crippen LogP contribution in [-0.2, 0) is 27.9 Å². The van der Waals surface area contributed by atoms with Gasteiger partial charge in [0.15, 0.2) is 11.4 Å². The van der Waals surface area contributed by atoms with E-state index in [9.17, 15) is 28.0 Å². The fourth-order valence-electron chi connectivity index (χ4n) is 10.5. The van der Waals surface area contributed by atoms with Gasteiger partial charge in [-0.25, -0.2) is 23.5 Å². The first-order valence-corrected chi connectivity index (χ1v) is 24.6. The molecule has 0 spiro atoms. The number of halogens is 2. The number of ether oxygens (including phenoxy) is 1. The maximum atomic E-state index is 14.2. The maximum absolute atomic E-state index is 14.2. The van der Waals surface area contributed by atoms with Crippen LogP contribution in [0.5, 0.6) is 0 Å². The second kappa shape index (κ2) is 20.3. The molecular weight excluding hydrogens is 891 g/mol. The number of benzene rings is 1. The molecule has 0 radical (unpaired) electrons. The van der Waals surface area contributed by atoms with Crippen LogP contribution < -0.4 is 21.6 Å². The highest BCUT2D eigenvalue weighted by molar-refractivity contribution is 6.03. The van der Waals surface area contributed by atoms with Gasteiger partial charge in [0.25, 0.3) is 12.3 Å². The van der Waals surface area contributed by atoms with Gasteiger partial charge in [-0.3, -0.25) is 43.3 Å². The third-order valence-electron chi connectivity index (χ3n) is 15.0. The summed E-state index contributed by atoms with van der Waals surface area (Å²) in [7, 11) is 3.92. The molecule has 3 amide bonds. The van der Waals surface area contributed by atoms with Crippen molar-refractivity contribution < 1.29 is 32.3 Å². The van der Waals surface area contributed by atoms with Crippen molar-refractivity contribution in [2.24, 2.45) is 18.9 Å². The number of carbonyl (C=O) groups is 3. The van der Waals surface area contributed by atoms with Crippen LogP contribution in [0.1, 0.15) is 104 Å². The summed E-state index contributed by atoms with van der Waals surface area (Å²) in [6, 6.07) is 9.29. The Kier molecular flexibility index (Phi) is 13.8. The highest BCUT2D eigenvalue weighted by Crippen LogP contribution is 2.37. The third-order valence-corrected chi connectivity index (χ3v) is 15.0. The van der Waals surface area contributed by atoms with Gasteiger partial charge in [-0.05, 0) is 106 Å². The summed E-state index contributed by atoms with van der Waals surface area (Å²) < 4.78 is 45.0. The van der Waals surface area contributed by atoms with E-state index in [1.807, 2.05) is 24.3 Å². The summed E-state index contributed by atoms with van der Waals surface area (Å²) in [6.07, 6.45) is 10.4. The molecule has 69 heavy (non-hydrogen) atoms. The predicted molar refractivity (Wildman–Crippen MR) is 253 cm³/mol. The Bertz CT molecular complexity index is 2710. The number of hydrogen-bond acceptors (Lipinski definition) is 13. The van der Waals surface area contributed by atoms with Crippen LogP contribution in [0.3, 0.4) is 0 Å². The number of alkyl halides is 2. The zero-order valence-electron chi connectivity index (χ0n) is 39.3. The molecule has 2 aliphatic heterocycles. The number of anilines is 2. The van der Waals surface area contributed by atoms with Crippen molar-refractivity contribution in [1.29, 1.82) is 0 Å². The third kappa shape index (κ3) is 10.7. The fraction of sp³-hybridized carbons (Fsp3) is 0.571. The molecule has 3 aliphatic carbocycles. The van der Waals surface area contributed by atoms with E-state index >= 15 is 0 Å². The Morgan fingerprint density at radius 3 is 2.49 bits per heavy atom. The van der Waals surface area contributed by atoms with E-state index in [1.165, 1.54) is 29.9 Å². The average Bonchev–Trinajstić information content (AvgIpc) is 3.74. The summed E-state index contributed by atoms with van der Waals surface area (Å²) in [5.41, 5.74) is 2.47. The molecule has 5 aliphatic rings. The number of nitrogens with zero attached hydrogens (tertiary/aromatic N) is 9. The van der Waals surface area contributed by atoms with E-state index in [4.69, 9.17) is 9.15 Å². The van der Waals surface area contributed by atoms with Gasteiger partial charge in [0, 0.05) is 89.8 Å². The first-order valence-electron chi connectivity index (χ1n) is 24.6. The summed E-state index contributed by atoms with van der Waals surface area (Å²) in [5, 5.41) is 12.6. The molecule has 5 aromatic rings. The predicted octanol–water partition coefficient (Wildman–Crippen LogP) is 5.60. The van der Waals surface area contributed by atoms with E-state index < -0.39 is 30.0 Å². The molecule has 2 saturated heterocycles. The minimum atomic E-state index is -2.86. The lowest BCUT2D eigenvalue weighted by molar-refractivity contribution is -0.135. The van der Waals surface area contributed by atoms with Crippen molar-refractivity contribution in [2.45, 2.75) is 101 Å². The molecule has 0 bridgehead atoms. The van der Waals surface area contributed by atoms with E-state index in [1.54, 1.807) is 28.6 Å². The van der Waals surface area contributed by atoms with Crippen molar-refractivity contribution in [1.82, 2.24) is 48.9 Å². The summed E-state index contributed by atoms with van der Waals surface area (Å²) in [6.45, 7) is 7.98. The average molecular weight is 953 g/mol. The van der Waals surface area contributed by atoms with Gasteiger partial charge in [-0.2, -0.15) is 5.10 Å². The van der Waals surface area contributed by atoms with E-state index in [2.05, 4.69) is 52.8 Å². The van der Waals surface area contributed by atoms with Gasteiger partial charge in [-0.1, -0.05) is 6.07 Å². The normalized spacial score (nSPS) is 23.7. The van der Waals surface area contributed by atoms with Crippen LogP contribution in [0.15, 0.2) is 58.2 Å². The summed E-state index contributed by atoms with van der Waals surface area (Å²) in [5.74, 6) is 0.719. The highest BCUT2D eigenvalue weighted by atomic mass is 19.3. The van der Waals surface area contributed by atoms with E-state index in [0.717, 1.165) is 102 Å². The number of aromatic nitrogens is 6. The van der Waals surface area contributed by atoms with Crippen LogP contribution >= 0.6 is 0 Å². The number of carbonyl (C=O) groups excluding carboxylic acids is 3. The minimum absolute atomic E-state index is 0.0217. The molecule has 3 N–H and O–H groups in total.